The monoisotopic (exact) mass is 1410 g/mol. The Balaban J connectivity index is 3.72. The summed E-state index contributed by atoms with van der Waals surface area (Å²) in [6, 6.07) is 0. The highest BCUT2D eigenvalue weighted by atomic mass is 31.2. The Labute approximate surface area is 615 Å². The van der Waals surface area contributed by atoms with Crippen LogP contribution < -0.4 is 5.73 Å². The SMILES string of the molecule is CC/C=C\C/C=C\C/C=C\C/C=C\C/C=C\C/C=C\CCCCCCCCCCCCCCCCCCCCC(=O)OC(COC(=O)CCCCCCCCCCCCCCCCCCCCCCCCCCCCCCCCCCCCCCCCCCC)COP(=O)(O)OCCN. The molecule has 0 aromatic rings. The van der Waals surface area contributed by atoms with Crippen LogP contribution in [0.4, 0.5) is 0 Å². The summed E-state index contributed by atoms with van der Waals surface area (Å²) in [5.41, 5.74) is 5.42. The number of esters is 2. The van der Waals surface area contributed by atoms with Crippen molar-refractivity contribution in [2.24, 2.45) is 5.73 Å². The minimum atomic E-state index is -4.40. The lowest BCUT2D eigenvalue weighted by molar-refractivity contribution is -0.161. The summed E-state index contributed by atoms with van der Waals surface area (Å²) < 4.78 is 33.3. The van der Waals surface area contributed by atoms with Gasteiger partial charge in [0.15, 0.2) is 6.10 Å². The smallest absolute Gasteiger partial charge is 0.462 e. The van der Waals surface area contributed by atoms with Crippen LogP contribution in [0.15, 0.2) is 72.9 Å². The van der Waals surface area contributed by atoms with E-state index in [1.165, 1.54) is 347 Å². The summed E-state index contributed by atoms with van der Waals surface area (Å²) in [6.07, 6.45) is 114. The van der Waals surface area contributed by atoms with Gasteiger partial charge in [-0.15, -0.1) is 0 Å². The maximum absolute atomic E-state index is 12.8. The molecule has 0 saturated carbocycles. The number of phosphoric acid groups is 1. The van der Waals surface area contributed by atoms with Gasteiger partial charge in [-0.1, -0.05) is 446 Å². The number of carbonyl (C=O) groups is 2. The fraction of sp³-hybridized carbons (Fsp3) is 0.843. The molecule has 0 aliphatic heterocycles. The maximum atomic E-state index is 12.8. The van der Waals surface area contributed by atoms with Gasteiger partial charge in [0.25, 0.3) is 0 Å². The minimum Gasteiger partial charge on any atom is -0.462 e. The van der Waals surface area contributed by atoms with E-state index in [0.717, 1.165) is 70.6 Å². The summed E-state index contributed by atoms with van der Waals surface area (Å²) in [7, 11) is -4.40. The third-order valence-corrected chi connectivity index (χ3v) is 20.6. The second-order valence-electron chi connectivity index (χ2n) is 29.4. The van der Waals surface area contributed by atoms with E-state index in [1.807, 2.05) is 0 Å². The lowest BCUT2D eigenvalue weighted by Crippen LogP contribution is -2.29. The van der Waals surface area contributed by atoms with Crippen LogP contribution in [0.25, 0.3) is 0 Å². The van der Waals surface area contributed by atoms with Crippen molar-refractivity contribution in [3.05, 3.63) is 72.9 Å². The molecule has 2 unspecified atom stereocenters. The zero-order valence-corrected chi connectivity index (χ0v) is 66.6. The molecule has 0 rings (SSSR count). The highest BCUT2D eigenvalue weighted by Gasteiger charge is 2.26. The first-order valence-corrected chi connectivity index (χ1v) is 44.9. The molecule has 0 aromatic heterocycles. The Morgan fingerprint density at radius 1 is 0.313 bits per heavy atom. The molecule has 0 bridgehead atoms. The number of hydrogen-bond acceptors (Lipinski definition) is 8. The summed E-state index contributed by atoms with van der Waals surface area (Å²) in [5.74, 6) is -0.804. The van der Waals surface area contributed by atoms with Gasteiger partial charge in [0.2, 0.25) is 0 Å². The first-order valence-electron chi connectivity index (χ1n) is 43.4. The molecule has 0 aliphatic rings. The zero-order valence-electron chi connectivity index (χ0n) is 65.7. The quantitative estimate of drug-likeness (QED) is 0.0264. The maximum Gasteiger partial charge on any atom is 0.472 e. The topological polar surface area (TPSA) is 134 Å². The molecule has 0 aliphatic carbocycles. The lowest BCUT2D eigenvalue weighted by atomic mass is 10.0. The Morgan fingerprint density at radius 2 is 0.556 bits per heavy atom. The summed E-state index contributed by atoms with van der Waals surface area (Å²) in [5, 5.41) is 0. The average Bonchev–Trinajstić information content (AvgIpc) is 1.64. The largest absolute Gasteiger partial charge is 0.472 e. The summed E-state index contributed by atoms with van der Waals surface area (Å²) >= 11 is 0. The van der Waals surface area contributed by atoms with Crippen LogP contribution in [-0.4, -0.2) is 49.3 Å². The number of nitrogens with two attached hydrogens (primary N) is 1. The summed E-state index contributed by atoms with van der Waals surface area (Å²) in [6.45, 7) is 3.71. The average molecular weight is 1410 g/mol. The van der Waals surface area contributed by atoms with Crippen molar-refractivity contribution >= 4 is 19.8 Å². The predicted octanol–water partition coefficient (Wildman–Crippen LogP) is 29.4. The van der Waals surface area contributed by atoms with Crippen molar-refractivity contribution < 1.29 is 37.6 Å². The van der Waals surface area contributed by atoms with E-state index in [0.29, 0.717) is 6.42 Å². The van der Waals surface area contributed by atoms with Crippen molar-refractivity contribution in [3.8, 4) is 0 Å². The van der Waals surface area contributed by atoms with E-state index in [1.54, 1.807) is 0 Å². The number of carbonyl (C=O) groups excluding carboxylic acids is 2. The molecule has 0 amide bonds. The van der Waals surface area contributed by atoms with Crippen LogP contribution in [0.1, 0.15) is 450 Å². The van der Waals surface area contributed by atoms with Crippen LogP contribution in [0.2, 0.25) is 0 Å². The molecule has 9 nitrogen and oxygen atoms in total. The van der Waals surface area contributed by atoms with Crippen molar-refractivity contribution in [1.82, 2.24) is 0 Å². The molecular formula is C89H166NO8P. The van der Waals surface area contributed by atoms with Crippen LogP contribution in [0.5, 0.6) is 0 Å². The van der Waals surface area contributed by atoms with E-state index in [9.17, 15) is 19.0 Å². The van der Waals surface area contributed by atoms with Gasteiger partial charge in [-0.3, -0.25) is 18.6 Å². The molecule has 0 saturated heterocycles. The minimum absolute atomic E-state index is 0.0547. The van der Waals surface area contributed by atoms with Crippen molar-refractivity contribution in [1.29, 1.82) is 0 Å². The molecule has 0 radical (unpaired) electrons. The van der Waals surface area contributed by atoms with Gasteiger partial charge in [-0.2, -0.15) is 0 Å². The molecule has 3 N–H and O–H groups in total. The molecule has 99 heavy (non-hydrogen) atoms. The molecule has 0 fully saturated rings. The van der Waals surface area contributed by atoms with Gasteiger partial charge < -0.3 is 20.1 Å². The fourth-order valence-electron chi connectivity index (χ4n) is 13.2. The van der Waals surface area contributed by atoms with E-state index < -0.39 is 26.5 Å². The van der Waals surface area contributed by atoms with Crippen molar-refractivity contribution in [2.45, 2.75) is 457 Å². The third-order valence-electron chi connectivity index (χ3n) is 19.6. The van der Waals surface area contributed by atoms with E-state index in [2.05, 4.69) is 86.8 Å². The first-order chi connectivity index (χ1) is 48.8. The number of allylic oxidation sites excluding steroid dienone is 12. The number of hydrogen-bond donors (Lipinski definition) is 2. The number of phosphoric ester groups is 1. The normalized spacial score (nSPS) is 13.1. The van der Waals surface area contributed by atoms with Gasteiger partial charge in [0.05, 0.1) is 13.2 Å². The van der Waals surface area contributed by atoms with E-state index in [4.69, 9.17) is 24.3 Å². The number of ether oxygens (including phenoxy) is 2. The highest BCUT2D eigenvalue weighted by Crippen LogP contribution is 2.43. The first kappa shape index (κ1) is 96.4. The van der Waals surface area contributed by atoms with E-state index in [-0.39, 0.29) is 38.6 Å². The second kappa shape index (κ2) is 84.4. The molecule has 0 spiro atoms. The van der Waals surface area contributed by atoms with Gasteiger partial charge in [-0.05, 0) is 64.2 Å². The molecule has 0 aromatic carbocycles. The zero-order chi connectivity index (χ0) is 71.5. The van der Waals surface area contributed by atoms with Crippen molar-refractivity contribution in [3.63, 3.8) is 0 Å². The van der Waals surface area contributed by atoms with Crippen LogP contribution in [0.3, 0.4) is 0 Å². The summed E-state index contributed by atoms with van der Waals surface area (Å²) in [4.78, 5) is 35.5. The van der Waals surface area contributed by atoms with Gasteiger partial charge in [-0.25, -0.2) is 4.57 Å². The second-order valence-corrected chi connectivity index (χ2v) is 30.8. The Bertz CT molecular complexity index is 1860. The lowest BCUT2D eigenvalue weighted by Gasteiger charge is -2.19. The fourth-order valence-corrected chi connectivity index (χ4v) is 14.0. The molecule has 10 heteroatoms. The molecular weight excluding hydrogens is 1240 g/mol. The number of rotatable bonds is 83. The molecule has 0 heterocycles. The van der Waals surface area contributed by atoms with Crippen LogP contribution >= 0.6 is 7.82 Å². The Kier molecular flexibility index (Phi) is 82.2. The number of unbranched alkanes of at least 4 members (excludes halogenated alkanes) is 58. The molecule has 2 atom stereocenters. The van der Waals surface area contributed by atoms with E-state index >= 15 is 0 Å². The Hall–Kier alpha value is -2.55. The van der Waals surface area contributed by atoms with Crippen LogP contribution in [-0.2, 0) is 32.7 Å². The Morgan fingerprint density at radius 3 is 0.828 bits per heavy atom. The predicted molar refractivity (Wildman–Crippen MR) is 432 cm³/mol. The van der Waals surface area contributed by atoms with Crippen molar-refractivity contribution in [2.75, 3.05) is 26.4 Å². The van der Waals surface area contributed by atoms with Gasteiger partial charge >= 0.3 is 19.8 Å². The molecule has 580 valence electrons. The van der Waals surface area contributed by atoms with Gasteiger partial charge in [0, 0.05) is 19.4 Å². The third kappa shape index (κ3) is 84.3. The van der Waals surface area contributed by atoms with Gasteiger partial charge in [0.1, 0.15) is 6.61 Å². The highest BCUT2D eigenvalue weighted by molar-refractivity contribution is 7.47. The van der Waals surface area contributed by atoms with Crippen LogP contribution in [0, 0.1) is 0 Å². The standard InChI is InChI=1S/C89H166NO8P/c1-3-5-7-9-11-13-15-17-19-21-23-25-27-29-31-33-35-37-39-41-42-43-44-46-47-49-51-53-55-57-59-61-63-65-67-69-71-73-75-77-79-81-88(91)95-85-87(86-97-99(93,94)96-84-83-90)98-89(92)82-80-78-76-74-72-70-68-66-64-62-60-58-56-54-52-50-48-45-40-38-36-34-32-30-28-26-24-22-20-18-16-14-12-10-8-6-4-2/h6,8,12,14,18,20,24,26,30,32,36,38,87H,3-5,7,9-11,13,15-17,19,21-23,25,27-29,31,33-35,37,39-86,90H2,1-2H3,(H,93,94)/b8-6-,14-12-,20-18-,26-24-,32-30-,38-36-.